The van der Waals surface area contributed by atoms with Gasteiger partial charge in [0.05, 0.1) is 12.0 Å². The lowest BCUT2D eigenvalue weighted by Gasteiger charge is -2.71. The standard InChI is InChI=1S/C27H44O3/c1-7-27-14-10-21-25(5)12-8-11-24(3,4)20(25)9-13-26(21,6)22(27)15-19(30)23(17(2)29)18(27)16-28/h16,18-23,30H,7-15H2,1-6H3/t18-,19-,20-,21+,22+,23-,25-,26+,27+/m0/s1. The Balaban J connectivity index is 1.78. The Bertz CT molecular complexity index is 713. The van der Waals surface area contributed by atoms with Crippen LogP contribution in [-0.2, 0) is 9.59 Å². The second-order valence-corrected chi connectivity index (χ2v) is 12.8. The Morgan fingerprint density at radius 3 is 2.20 bits per heavy atom. The highest BCUT2D eigenvalue weighted by molar-refractivity contribution is 5.83. The third-order valence-corrected chi connectivity index (χ3v) is 11.4. The molecule has 0 unspecified atom stereocenters. The molecule has 4 rings (SSSR count). The SMILES string of the molecule is CC[C@]12CC[C@H]3[C@@](C)(CC[C@H]4C(C)(C)CCC[C@]34C)[C@H]1C[C@H](O)[C@@H](C(C)=O)[C@@H]2C=O. The molecule has 4 saturated carbocycles. The van der Waals surface area contributed by atoms with Crippen molar-refractivity contribution in [2.24, 2.45) is 51.2 Å². The highest BCUT2D eigenvalue weighted by Gasteiger charge is 2.68. The van der Waals surface area contributed by atoms with Crippen LogP contribution in [0, 0.1) is 51.2 Å². The molecule has 0 radical (unpaired) electrons. The third kappa shape index (κ3) is 2.79. The number of hydrogen-bond donors (Lipinski definition) is 1. The number of carbonyl (C=O) groups excluding carboxylic acids is 2. The van der Waals surface area contributed by atoms with Gasteiger partial charge in [-0.3, -0.25) is 4.79 Å². The van der Waals surface area contributed by atoms with Gasteiger partial charge in [0.2, 0.25) is 0 Å². The first-order chi connectivity index (χ1) is 14.0. The van der Waals surface area contributed by atoms with Gasteiger partial charge >= 0.3 is 0 Å². The van der Waals surface area contributed by atoms with Crippen molar-refractivity contribution in [1.29, 1.82) is 0 Å². The number of aliphatic hydroxyl groups is 1. The van der Waals surface area contributed by atoms with Gasteiger partial charge in [0.15, 0.2) is 0 Å². The van der Waals surface area contributed by atoms with Crippen molar-refractivity contribution in [1.82, 2.24) is 0 Å². The average molecular weight is 417 g/mol. The summed E-state index contributed by atoms with van der Waals surface area (Å²) in [6.45, 7) is 13.8. The molecular formula is C27H44O3. The normalized spacial score (nSPS) is 52.5. The van der Waals surface area contributed by atoms with Gasteiger partial charge in [0.25, 0.3) is 0 Å². The Morgan fingerprint density at radius 2 is 1.60 bits per heavy atom. The van der Waals surface area contributed by atoms with Crippen molar-refractivity contribution in [3.8, 4) is 0 Å². The second kappa shape index (κ2) is 7.15. The molecule has 0 aromatic rings. The van der Waals surface area contributed by atoms with Crippen LogP contribution in [0.4, 0.5) is 0 Å². The summed E-state index contributed by atoms with van der Waals surface area (Å²) in [7, 11) is 0. The molecule has 0 aromatic carbocycles. The number of fused-ring (bicyclic) bond motifs is 5. The van der Waals surface area contributed by atoms with Crippen LogP contribution in [0.3, 0.4) is 0 Å². The van der Waals surface area contributed by atoms with Gasteiger partial charge in [-0.05, 0) is 97.7 Å². The predicted octanol–water partition coefficient (Wildman–Crippen LogP) is 5.83. The van der Waals surface area contributed by atoms with Gasteiger partial charge in [-0.1, -0.05) is 41.0 Å². The van der Waals surface area contributed by atoms with E-state index in [1.807, 2.05) is 0 Å². The molecule has 3 nitrogen and oxygen atoms in total. The van der Waals surface area contributed by atoms with Gasteiger partial charge in [0.1, 0.15) is 12.1 Å². The predicted molar refractivity (Wildman–Crippen MR) is 120 cm³/mol. The molecule has 0 aromatic heterocycles. The Hall–Kier alpha value is -0.700. The minimum atomic E-state index is -0.675. The van der Waals surface area contributed by atoms with E-state index in [0.717, 1.165) is 25.0 Å². The van der Waals surface area contributed by atoms with Gasteiger partial charge in [-0.25, -0.2) is 0 Å². The average Bonchev–Trinajstić information content (AvgIpc) is 2.66. The van der Waals surface area contributed by atoms with E-state index in [2.05, 4.69) is 34.6 Å². The van der Waals surface area contributed by atoms with Crippen molar-refractivity contribution in [2.75, 3.05) is 0 Å². The summed E-state index contributed by atoms with van der Waals surface area (Å²) < 4.78 is 0. The van der Waals surface area contributed by atoms with Crippen LogP contribution in [0.15, 0.2) is 0 Å². The summed E-state index contributed by atoms with van der Waals surface area (Å²) in [5.74, 6) is 0.895. The first-order valence-corrected chi connectivity index (χ1v) is 12.6. The largest absolute Gasteiger partial charge is 0.392 e. The topological polar surface area (TPSA) is 54.4 Å². The lowest BCUT2D eigenvalue weighted by Crippen LogP contribution is -2.66. The summed E-state index contributed by atoms with van der Waals surface area (Å²) >= 11 is 0. The highest BCUT2D eigenvalue weighted by atomic mass is 16.3. The fourth-order valence-electron chi connectivity index (χ4n) is 10.3. The fraction of sp³-hybridized carbons (Fsp3) is 0.926. The third-order valence-electron chi connectivity index (χ3n) is 11.4. The van der Waals surface area contributed by atoms with E-state index in [1.165, 1.54) is 38.5 Å². The van der Waals surface area contributed by atoms with Gasteiger partial charge in [-0.15, -0.1) is 0 Å². The van der Waals surface area contributed by atoms with E-state index in [4.69, 9.17) is 0 Å². The quantitative estimate of drug-likeness (QED) is 0.589. The molecule has 4 aliphatic carbocycles. The lowest BCUT2D eigenvalue weighted by molar-refractivity contribution is -0.230. The first-order valence-electron chi connectivity index (χ1n) is 12.6. The first kappa shape index (κ1) is 22.5. The molecule has 4 fully saturated rings. The molecule has 0 saturated heterocycles. The number of carbonyl (C=O) groups is 2. The summed E-state index contributed by atoms with van der Waals surface area (Å²) in [5, 5.41) is 11.1. The molecule has 0 heterocycles. The van der Waals surface area contributed by atoms with Gasteiger partial charge < -0.3 is 9.90 Å². The number of Topliss-reactive ketones (excluding diaryl/α,β-unsaturated/α-hetero) is 1. The molecule has 1 N–H and O–H groups in total. The molecule has 9 atom stereocenters. The van der Waals surface area contributed by atoms with Crippen molar-refractivity contribution >= 4 is 12.1 Å². The van der Waals surface area contributed by atoms with E-state index in [1.54, 1.807) is 6.92 Å². The number of rotatable bonds is 3. The number of ketones is 1. The Morgan fingerprint density at radius 1 is 0.967 bits per heavy atom. The molecule has 170 valence electrons. The maximum Gasteiger partial charge on any atom is 0.136 e. The van der Waals surface area contributed by atoms with Crippen molar-refractivity contribution < 1.29 is 14.7 Å². The molecule has 30 heavy (non-hydrogen) atoms. The highest BCUT2D eigenvalue weighted by Crippen LogP contribution is 2.74. The smallest absolute Gasteiger partial charge is 0.136 e. The number of aldehydes is 1. The van der Waals surface area contributed by atoms with E-state index < -0.39 is 12.0 Å². The zero-order chi connectivity index (χ0) is 22.1. The summed E-state index contributed by atoms with van der Waals surface area (Å²) in [5.41, 5.74) is 0.783. The van der Waals surface area contributed by atoms with Gasteiger partial charge in [0, 0.05) is 5.92 Å². The van der Waals surface area contributed by atoms with Gasteiger partial charge in [-0.2, -0.15) is 0 Å². The zero-order valence-electron chi connectivity index (χ0n) is 20.2. The molecular weight excluding hydrogens is 372 g/mol. The number of aliphatic hydroxyl groups excluding tert-OH is 1. The van der Waals surface area contributed by atoms with E-state index in [0.29, 0.717) is 29.1 Å². The molecule has 0 aliphatic heterocycles. The van der Waals surface area contributed by atoms with Crippen LogP contribution >= 0.6 is 0 Å². The van der Waals surface area contributed by atoms with E-state index in [9.17, 15) is 14.7 Å². The summed E-state index contributed by atoms with van der Waals surface area (Å²) in [6, 6.07) is 0. The zero-order valence-corrected chi connectivity index (χ0v) is 20.2. The van der Waals surface area contributed by atoms with Crippen LogP contribution in [0.5, 0.6) is 0 Å². The maximum atomic E-state index is 12.5. The maximum absolute atomic E-state index is 12.5. The van der Waals surface area contributed by atoms with Crippen molar-refractivity contribution in [2.45, 2.75) is 105 Å². The van der Waals surface area contributed by atoms with E-state index >= 15 is 0 Å². The Labute approximate surface area is 183 Å². The molecule has 3 heteroatoms. The minimum absolute atomic E-state index is 0.0112. The van der Waals surface area contributed by atoms with Crippen LogP contribution in [0.2, 0.25) is 0 Å². The van der Waals surface area contributed by atoms with E-state index in [-0.39, 0.29) is 22.5 Å². The molecule has 0 amide bonds. The van der Waals surface area contributed by atoms with Crippen molar-refractivity contribution in [3.63, 3.8) is 0 Å². The molecule has 0 spiro atoms. The molecule has 4 aliphatic rings. The molecule has 0 bridgehead atoms. The fourth-order valence-corrected chi connectivity index (χ4v) is 10.3. The Kier molecular flexibility index (Phi) is 5.36. The monoisotopic (exact) mass is 416 g/mol. The summed E-state index contributed by atoms with van der Waals surface area (Å²) in [6.07, 6.45) is 10.7. The van der Waals surface area contributed by atoms with Crippen molar-refractivity contribution in [3.05, 3.63) is 0 Å². The van der Waals surface area contributed by atoms with Crippen LogP contribution in [0.25, 0.3) is 0 Å². The second-order valence-electron chi connectivity index (χ2n) is 12.8. The van der Waals surface area contributed by atoms with Crippen LogP contribution in [0.1, 0.15) is 99.3 Å². The lowest BCUT2D eigenvalue weighted by atomic mass is 9.34. The summed E-state index contributed by atoms with van der Waals surface area (Å²) in [4.78, 5) is 24.9. The minimum Gasteiger partial charge on any atom is -0.392 e. The van der Waals surface area contributed by atoms with Crippen LogP contribution < -0.4 is 0 Å². The number of hydrogen-bond acceptors (Lipinski definition) is 3. The van der Waals surface area contributed by atoms with Crippen LogP contribution in [-0.4, -0.2) is 23.3 Å².